The minimum atomic E-state index is -0.352. The molecule has 1 unspecified atom stereocenters. The zero-order valence-corrected chi connectivity index (χ0v) is 16.1. The smallest absolute Gasteiger partial charge is 0.178 e. The van der Waals surface area contributed by atoms with E-state index in [-0.39, 0.29) is 24.0 Å². The van der Waals surface area contributed by atoms with Gasteiger partial charge in [-0.05, 0) is 68.7 Å². The van der Waals surface area contributed by atoms with Crippen LogP contribution in [-0.2, 0) is 4.74 Å². The maximum absolute atomic E-state index is 6.62. The molecule has 0 spiro atoms. The van der Waals surface area contributed by atoms with Gasteiger partial charge in [-0.2, -0.15) is 0 Å². The van der Waals surface area contributed by atoms with Gasteiger partial charge in [0.2, 0.25) is 0 Å². The number of nitrogens with zero attached hydrogens (tertiary/aromatic N) is 2. The quantitative estimate of drug-likeness (QED) is 0.747. The van der Waals surface area contributed by atoms with E-state index in [9.17, 15) is 0 Å². The third-order valence-corrected chi connectivity index (χ3v) is 4.45. The van der Waals surface area contributed by atoms with Gasteiger partial charge in [-0.1, -0.05) is 13.3 Å². The molecule has 0 aromatic carbocycles. The van der Waals surface area contributed by atoms with Gasteiger partial charge < -0.3 is 4.74 Å². The lowest BCUT2D eigenvalue weighted by Crippen LogP contribution is -2.65. The zero-order chi connectivity index (χ0) is 16.7. The molecule has 0 radical (unpaired) electrons. The SMILES string of the molecule is CCCC(C)(C)N1CCN(C(C)(C)C)C1(C)OC(C)(C)C.[HH]. The number of rotatable bonds is 4. The molecule has 1 atom stereocenters. The maximum Gasteiger partial charge on any atom is 0.178 e. The Hall–Kier alpha value is -0.120. The highest BCUT2D eigenvalue weighted by molar-refractivity contribution is 5.00. The Morgan fingerprint density at radius 3 is 1.81 bits per heavy atom. The molecule has 0 aromatic rings. The van der Waals surface area contributed by atoms with Crippen LogP contribution >= 0.6 is 0 Å². The van der Waals surface area contributed by atoms with E-state index in [4.69, 9.17) is 4.74 Å². The van der Waals surface area contributed by atoms with E-state index in [1.54, 1.807) is 0 Å². The van der Waals surface area contributed by atoms with Crippen LogP contribution in [-0.4, -0.2) is 45.4 Å². The number of hydrogen-bond acceptors (Lipinski definition) is 3. The monoisotopic (exact) mass is 300 g/mol. The molecule has 3 heteroatoms. The highest BCUT2D eigenvalue weighted by atomic mass is 16.6. The topological polar surface area (TPSA) is 15.7 Å². The van der Waals surface area contributed by atoms with Crippen molar-refractivity contribution in [1.82, 2.24) is 9.80 Å². The molecule has 21 heavy (non-hydrogen) atoms. The van der Waals surface area contributed by atoms with Crippen LogP contribution in [0.1, 0.15) is 83.5 Å². The van der Waals surface area contributed by atoms with Gasteiger partial charge in [-0.25, -0.2) is 0 Å². The largest absolute Gasteiger partial charge is 0.341 e. The minimum absolute atomic E-state index is 0. The summed E-state index contributed by atoms with van der Waals surface area (Å²) in [6.07, 6.45) is 2.39. The molecular weight excluding hydrogens is 260 g/mol. The molecule has 1 aliphatic heterocycles. The first kappa shape index (κ1) is 18.9. The molecule has 1 aliphatic rings. The summed E-state index contributed by atoms with van der Waals surface area (Å²) in [5, 5.41) is 0. The van der Waals surface area contributed by atoms with Gasteiger partial charge in [0, 0.05) is 25.6 Å². The Balaban J connectivity index is 0.00000441. The van der Waals surface area contributed by atoms with Crippen LogP contribution in [0.2, 0.25) is 0 Å². The lowest BCUT2D eigenvalue weighted by Gasteiger charge is -2.53. The van der Waals surface area contributed by atoms with E-state index in [2.05, 4.69) is 79.0 Å². The van der Waals surface area contributed by atoms with Crippen molar-refractivity contribution in [3.63, 3.8) is 0 Å². The normalized spacial score (nSPS) is 26.6. The van der Waals surface area contributed by atoms with Crippen LogP contribution in [0.25, 0.3) is 0 Å². The van der Waals surface area contributed by atoms with Gasteiger partial charge in [-0.15, -0.1) is 0 Å². The third-order valence-electron chi connectivity index (χ3n) is 4.45. The minimum Gasteiger partial charge on any atom is -0.341 e. The van der Waals surface area contributed by atoms with Crippen molar-refractivity contribution in [2.75, 3.05) is 13.1 Å². The molecule has 0 aliphatic carbocycles. The molecule has 0 amide bonds. The molecule has 0 aromatic heterocycles. The molecule has 0 saturated carbocycles. The first-order valence-electron chi connectivity index (χ1n) is 8.50. The zero-order valence-electron chi connectivity index (χ0n) is 16.1. The fraction of sp³-hybridized carbons (Fsp3) is 1.00. The van der Waals surface area contributed by atoms with Gasteiger partial charge >= 0.3 is 0 Å². The summed E-state index contributed by atoms with van der Waals surface area (Å²) < 4.78 is 6.62. The Morgan fingerprint density at radius 2 is 1.43 bits per heavy atom. The average molecular weight is 301 g/mol. The second kappa shape index (κ2) is 5.82. The molecule has 0 N–H and O–H groups in total. The van der Waals surface area contributed by atoms with Crippen molar-refractivity contribution in [2.45, 2.75) is 105 Å². The Kier molecular flexibility index (Phi) is 5.25. The van der Waals surface area contributed by atoms with Crippen molar-refractivity contribution in [1.29, 1.82) is 0 Å². The van der Waals surface area contributed by atoms with Crippen molar-refractivity contribution in [3.8, 4) is 0 Å². The third kappa shape index (κ3) is 4.20. The van der Waals surface area contributed by atoms with Crippen LogP contribution in [0.15, 0.2) is 0 Å². The molecule has 1 saturated heterocycles. The molecular formula is C18H40N2O. The maximum atomic E-state index is 6.62. The van der Waals surface area contributed by atoms with Gasteiger partial charge in [0.25, 0.3) is 0 Å². The Bertz CT molecular complexity index is 357. The predicted molar refractivity (Wildman–Crippen MR) is 93.5 cm³/mol. The Morgan fingerprint density at radius 1 is 0.952 bits per heavy atom. The second-order valence-corrected chi connectivity index (χ2v) is 9.18. The fourth-order valence-electron chi connectivity index (χ4n) is 4.02. The van der Waals surface area contributed by atoms with Crippen LogP contribution < -0.4 is 0 Å². The molecule has 3 nitrogen and oxygen atoms in total. The molecule has 1 rings (SSSR count). The summed E-state index contributed by atoms with van der Waals surface area (Å²) in [4.78, 5) is 5.09. The van der Waals surface area contributed by atoms with Gasteiger partial charge in [0.05, 0.1) is 5.60 Å². The van der Waals surface area contributed by atoms with E-state index in [0.29, 0.717) is 0 Å². The molecule has 1 fully saturated rings. The van der Waals surface area contributed by atoms with Crippen LogP contribution in [0.3, 0.4) is 0 Å². The summed E-state index contributed by atoms with van der Waals surface area (Å²) in [5.74, 6) is -0.352. The fourth-order valence-corrected chi connectivity index (χ4v) is 4.02. The van der Waals surface area contributed by atoms with E-state index >= 15 is 0 Å². The van der Waals surface area contributed by atoms with Gasteiger partial charge in [-0.3, -0.25) is 9.80 Å². The summed E-state index contributed by atoms with van der Waals surface area (Å²) in [6.45, 7) is 24.7. The summed E-state index contributed by atoms with van der Waals surface area (Å²) in [7, 11) is 0. The van der Waals surface area contributed by atoms with E-state index in [1.165, 1.54) is 12.8 Å². The predicted octanol–water partition coefficient (Wildman–Crippen LogP) is 4.72. The number of ether oxygens (including phenoxy) is 1. The highest BCUT2D eigenvalue weighted by Gasteiger charge is 2.54. The van der Waals surface area contributed by atoms with E-state index in [1.807, 2.05) is 0 Å². The number of hydrogen-bond donors (Lipinski definition) is 0. The first-order valence-corrected chi connectivity index (χ1v) is 8.50. The summed E-state index contributed by atoms with van der Waals surface area (Å²) in [5.41, 5.74) is 0.0783. The van der Waals surface area contributed by atoms with Gasteiger partial charge in [0.15, 0.2) is 5.85 Å². The van der Waals surface area contributed by atoms with Crippen LogP contribution in [0.4, 0.5) is 0 Å². The van der Waals surface area contributed by atoms with Crippen molar-refractivity contribution >= 4 is 0 Å². The van der Waals surface area contributed by atoms with E-state index < -0.39 is 0 Å². The van der Waals surface area contributed by atoms with E-state index in [0.717, 1.165) is 13.1 Å². The van der Waals surface area contributed by atoms with Crippen molar-refractivity contribution in [3.05, 3.63) is 0 Å². The standard InChI is InChI=1S/C18H38N2O.H2/c1-11-12-17(8,9)20-14-13-19(15(2,3)4)18(20,10)21-16(5,6)7;/h11-14H2,1-10H3;1H. The average Bonchev–Trinajstić information content (AvgIpc) is 2.51. The highest BCUT2D eigenvalue weighted by Crippen LogP contribution is 2.42. The molecule has 1 heterocycles. The van der Waals surface area contributed by atoms with Crippen molar-refractivity contribution < 1.29 is 6.16 Å². The van der Waals surface area contributed by atoms with Crippen molar-refractivity contribution in [2.24, 2.45) is 0 Å². The van der Waals surface area contributed by atoms with Crippen LogP contribution in [0, 0.1) is 0 Å². The molecule has 128 valence electrons. The lowest BCUT2D eigenvalue weighted by atomic mass is 9.95. The van der Waals surface area contributed by atoms with Crippen LogP contribution in [0.5, 0.6) is 0 Å². The lowest BCUT2D eigenvalue weighted by molar-refractivity contribution is -0.281. The molecule has 0 bridgehead atoms. The Labute approximate surface area is 134 Å². The second-order valence-electron chi connectivity index (χ2n) is 9.18. The first-order chi connectivity index (χ1) is 9.24. The van der Waals surface area contributed by atoms with Gasteiger partial charge in [0.1, 0.15) is 0 Å². The summed E-state index contributed by atoms with van der Waals surface area (Å²) in [6, 6.07) is 0. The summed E-state index contributed by atoms with van der Waals surface area (Å²) >= 11 is 0.